The minimum absolute atomic E-state index is 0.0263. The largest absolute Gasteiger partial charge is 0.472 e. The molecule has 0 unspecified atom stereocenters. The highest BCUT2D eigenvalue weighted by Gasteiger charge is 2.31. The molecule has 21 heavy (non-hydrogen) atoms. The van der Waals surface area contributed by atoms with E-state index in [1.807, 2.05) is 25.1 Å². The van der Waals surface area contributed by atoms with Crippen molar-refractivity contribution in [1.82, 2.24) is 14.7 Å². The number of rotatable bonds is 4. The summed E-state index contributed by atoms with van der Waals surface area (Å²) in [6, 6.07) is 1.69. The molecule has 0 saturated carbocycles. The summed E-state index contributed by atoms with van der Waals surface area (Å²) in [4.78, 5) is 14.3. The molecule has 0 bridgehead atoms. The predicted molar refractivity (Wildman–Crippen MR) is 75.9 cm³/mol. The van der Waals surface area contributed by atoms with Crippen molar-refractivity contribution >= 4 is 5.91 Å². The van der Waals surface area contributed by atoms with E-state index in [0.29, 0.717) is 31.9 Å². The van der Waals surface area contributed by atoms with Crippen LogP contribution in [0.1, 0.15) is 34.5 Å². The molecule has 0 N–H and O–H groups in total. The number of aryl methyl sites for hydroxylation is 1. The van der Waals surface area contributed by atoms with Crippen molar-refractivity contribution in [3.8, 4) is 0 Å². The number of aromatic nitrogens is 2. The molecule has 6 heteroatoms. The van der Waals surface area contributed by atoms with Crippen LogP contribution < -0.4 is 0 Å². The Morgan fingerprint density at radius 1 is 1.57 bits per heavy atom. The molecule has 1 aliphatic heterocycles. The number of hydrogen-bond acceptors (Lipinski definition) is 4. The zero-order valence-electron chi connectivity index (χ0n) is 12.3. The van der Waals surface area contributed by atoms with Crippen LogP contribution in [0.4, 0.5) is 0 Å². The van der Waals surface area contributed by atoms with Gasteiger partial charge >= 0.3 is 0 Å². The van der Waals surface area contributed by atoms with Crippen LogP contribution in [0.5, 0.6) is 0 Å². The first-order valence-corrected chi connectivity index (χ1v) is 7.10. The van der Waals surface area contributed by atoms with Gasteiger partial charge in [-0.25, -0.2) is 0 Å². The van der Waals surface area contributed by atoms with Gasteiger partial charge in [0.05, 0.1) is 30.7 Å². The van der Waals surface area contributed by atoms with Crippen molar-refractivity contribution in [2.75, 3.05) is 19.8 Å². The van der Waals surface area contributed by atoms with Gasteiger partial charge in [0.2, 0.25) is 0 Å². The van der Waals surface area contributed by atoms with Gasteiger partial charge in [-0.3, -0.25) is 9.48 Å². The van der Waals surface area contributed by atoms with Crippen LogP contribution in [0.3, 0.4) is 0 Å². The van der Waals surface area contributed by atoms with Gasteiger partial charge in [0.15, 0.2) is 0 Å². The molecular formula is C15H19N3O3. The van der Waals surface area contributed by atoms with Crippen molar-refractivity contribution < 1.29 is 13.9 Å². The van der Waals surface area contributed by atoms with E-state index < -0.39 is 0 Å². The predicted octanol–water partition coefficient (Wildman–Crippen LogP) is 1.79. The first-order valence-electron chi connectivity index (χ1n) is 7.10. The third kappa shape index (κ3) is 2.71. The number of carbonyl (C=O) groups is 1. The molecular weight excluding hydrogens is 270 g/mol. The third-order valence-electron chi connectivity index (χ3n) is 3.74. The van der Waals surface area contributed by atoms with Crippen LogP contribution in [0.2, 0.25) is 0 Å². The molecule has 3 rings (SSSR count). The molecule has 0 saturated heterocycles. The fourth-order valence-corrected chi connectivity index (χ4v) is 2.75. The van der Waals surface area contributed by atoms with Crippen molar-refractivity contribution in [1.29, 1.82) is 0 Å². The molecule has 1 atom stereocenters. The Hall–Kier alpha value is -2.08. The average Bonchev–Trinajstić information content (AvgIpc) is 3.11. The lowest BCUT2D eigenvalue weighted by Gasteiger charge is -2.31. The van der Waals surface area contributed by atoms with Gasteiger partial charge in [-0.05, 0) is 13.0 Å². The topological polar surface area (TPSA) is 60.5 Å². The van der Waals surface area contributed by atoms with E-state index in [9.17, 15) is 4.79 Å². The summed E-state index contributed by atoms with van der Waals surface area (Å²) in [5.74, 6) is 0.139. The maximum absolute atomic E-state index is 12.5. The van der Waals surface area contributed by atoms with E-state index >= 15 is 0 Å². The lowest BCUT2D eigenvalue weighted by Crippen LogP contribution is -2.39. The van der Waals surface area contributed by atoms with Crippen molar-refractivity contribution in [3.63, 3.8) is 0 Å². The lowest BCUT2D eigenvalue weighted by molar-refractivity contribution is 0.0651. The molecule has 1 aliphatic rings. The molecule has 0 radical (unpaired) electrons. The van der Waals surface area contributed by atoms with Crippen LogP contribution in [0.25, 0.3) is 0 Å². The summed E-state index contributed by atoms with van der Waals surface area (Å²) in [7, 11) is 1.90. The Morgan fingerprint density at radius 2 is 2.43 bits per heavy atom. The number of ether oxygens (including phenoxy) is 1. The third-order valence-corrected chi connectivity index (χ3v) is 3.74. The van der Waals surface area contributed by atoms with E-state index in [4.69, 9.17) is 9.15 Å². The second kappa shape index (κ2) is 5.73. The molecule has 0 spiro atoms. The van der Waals surface area contributed by atoms with Gasteiger partial charge in [0.1, 0.15) is 6.26 Å². The number of furan rings is 1. The maximum Gasteiger partial charge on any atom is 0.257 e. The molecule has 112 valence electrons. The Bertz CT molecular complexity index is 618. The van der Waals surface area contributed by atoms with Crippen molar-refractivity contribution in [2.45, 2.75) is 19.4 Å². The first-order chi connectivity index (χ1) is 10.2. The van der Waals surface area contributed by atoms with Crippen LogP contribution in [0.15, 0.2) is 29.2 Å². The highest BCUT2D eigenvalue weighted by atomic mass is 16.5. The molecule has 3 heterocycles. The fourth-order valence-electron chi connectivity index (χ4n) is 2.75. The zero-order valence-corrected chi connectivity index (χ0v) is 12.3. The normalized spacial score (nSPS) is 17.8. The monoisotopic (exact) mass is 289 g/mol. The standard InChI is InChI=1S/C15H19N3O3/c1-3-20-10-12-6-18(15(19)11-4-5-21-9-11)8-14-13(12)7-17(2)16-14/h4-5,7,9,12H,3,6,8,10H2,1-2H3/t12-/m0/s1. The van der Waals surface area contributed by atoms with E-state index in [2.05, 4.69) is 5.10 Å². The summed E-state index contributed by atoms with van der Waals surface area (Å²) in [6.07, 6.45) is 5.02. The molecule has 0 fully saturated rings. The Kier molecular flexibility index (Phi) is 3.79. The second-order valence-electron chi connectivity index (χ2n) is 5.26. The lowest BCUT2D eigenvalue weighted by atomic mass is 9.95. The highest BCUT2D eigenvalue weighted by Crippen LogP contribution is 2.28. The minimum atomic E-state index is -0.0263. The molecule has 2 aromatic heterocycles. The van der Waals surface area contributed by atoms with Gasteiger partial charge < -0.3 is 14.1 Å². The SMILES string of the molecule is CCOC[C@@H]1CN(C(=O)c2ccoc2)Cc2nn(C)cc21. The molecule has 2 aromatic rings. The quantitative estimate of drug-likeness (QED) is 0.861. The van der Waals surface area contributed by atoms with E-state index in [1.165, 1.54) is 18.1 Å². The average molecular weight is 289 g/mol. The number of amides is 1. The Balaban J connectivity index is 1.84. The van der Waals surface area contributed by atoms with Crippen LogP contribution in [-0.2, 0) is 18.3 Å². The zero-order chi connectivity index (χ0) is 14.8. The smallest absolute Gasteiger partial charge is 0.257 e. The number of nitrogens with zero attached hydrogens (tertiary/aromatic N) is 3. The van der Waals surface area contributed by atoms with Gasteiger partial charge in [0.25, 0.3) is 5.91 Å². The number of hydrogen-bond donors (Lipinski definition) is 0. The van der Waals surface area contributed by atoms with E-state index in [0.717, 1.165) is 5.69 Å². The molecule has 0 aliphatic carbocycles. The second-order valence-corrected chi connectivity index (χ2v) is 5.26. The van der Waals surface area contributed by atoms with Gasteiger partial charge in [-0.15, -0.1) is 0 Å². The number of carbonyl (C=O) groups excluding carboxylic acids is 1. The Labute approximate surface area is 123 Å². The summed E-state index contributed by atoms with van der Waals surface area (Å²) < 4.78 is 12.4. The van der Waals surface area contributed by atoms with Crippen molar-refractivity contribution in [2.24, 2.45) is 7.05 Å². The summed E-state index contributed by atoms with van der Waals surface area (Å²) >= 11 is 0. The first kappa shape index (κ1) is 13.9. The van der Waals surface area contributed by atoms with E-state index in [1.54, 1.807) is 10.7 Å². The summed E-state index contributed by atoms with van der Waals surface area (Å²) in [5, 5.41) is 4.47. The van der Waals surface area contributed by atoms with Gasteiger partial charge in [-0.2, -0.15) is 5.10 Å². The van der Waals surface area contributed by atoms with Gasteiger partial charge in [-0.1, -0.05) is 0 Å². The van der Waals surface area contributed by atoms with Crippen LogP contribution >= 0.6 is 0 Å². The van der Waals surface area contributed by atoms with E-state index in [-0.39, 0.29) is 11.8 Å². The maximum atomic E-state index is 12.5. The Morgan fingerprint density at radius 3 is 3.14 bits per heavy atom. The van der Waals surface area contributed by atoms with Crippen LogP contribution in [-0.4, -0.2) is 40.3 Å². The molecule has 6 nitrogen and oxygen atoms in total. The summed E-state index contributed by atoms with van der Waals surface area (Å²) in [6.45, 7) is 4.42. The van der Waals surface area contributed by atoms with Gasteiger partial charge in [0, 0.05) is 37.9 Å². The summed E-state index contributed by atoms with van der Waals surface area (Å²) in [5.41, 5.74) is 2.71. The molecule has 0 aromatic carbocycles. The minimum Gasteiger partial charge on any atom is -0.472 e. The molecule has 1 amide bonds. The number of fused-ring (bicyclic) bond motifs is 1. The van der Waals surface area contributed by atoms with Crippen molar-refractivity contribution in [3.05, 3.63) is 41.6 Å². The highest BCUT2D eigenvalue weighted by molar-refractivity contribution is 5.94. The van der Waals surface area contributed by atoms with Crippen LogP contribution in [0, 0.1) is 0 Å². The fraction of sp³-hybridized carbons (Fsp3) is 0.467.